The number of aryl methyl sites for hydroxylation is 1. The van der Waals surface area contributed by atoms with Crippen molar-refractivity contribution in [3.63, 3.8) is 0 Å². The fraction of sp³-hybridized carbons (Fsp3) is 0.143. The molecular weight excluding hydrogens is 310 g/mol. The van der Waals surface area contributed by atoms with Gasteiger partial charge in [0, 0.05) is 0 Å². The molecule has 0 unspecified atom stereocenters. The molecule has 2 aromatic rings. The molecule has 8 heteroatoms. The minimum absolute atomic E-state index is 0.0333. The summed E-state index contributed by atoms with van der Waals surface area (Å²) in [4.78, 5) is 16.4. The first-order valence-corrected chi connectivity index (χ1v) is 7.55. The predicted molar refractivity (Wildman–Crippen MR) is 76.7 cm³/mol. The molecule has 0 aliphatic rings. The fourth-order valence-electron chi connectivity index (χ4n) is 1.58. The summed E-state index contributed by atoms with van der Waals surface area (Å²) in [6, 6.07) is 8.82. The normalized spacial score (nSPS) is 12.0. The van der Waals surface area contributed by atoms with Crippen molar-refractivity contribution in [1.82, 2.24) is 0 Å². The van der Waals surface area contributed by atoms with Gasteiger partial charge in [-0.1, -0.05) is 22.9 Å². The summed E-state index contributed by atoms with van der Waals surface area (Å²) >= 11 is 0. The van der Waals surface area contributed by atoms with Crippen molar-refractivity contribution in [2.45, 2.75) is 11.8 Å². The maximum atomic E-state index is 12.1. The van der Waals surface area contributed by atoms with E-state index in [-0.39, 0.29) is 16.4 Å². The second kappa shape index (κ2) is 6.44. The van der Waals surface area contributed by atoms with Crippen LogP contribution in [-0.4, -0.2) is 27.2 Å². The zero-order chi connectivity index (χ0) is 16.2. The molecule has 22 heavy (non-hydrogen) atoms. The van der Waals surface area contributed by atoms with Crippen LogP contribution in [0.4, 0.5) is 0 Å². The van der Waals surface area contributed by atoms with Crippen molar-refractivity contribution in [2.24, 2.45) is 5.16 Å². The molecule has 1 heterocycles. The van der Waals surface area contributed by atoms with E-state index in [9.17, 15) is 13.2 Å². The molecule has 0 N–H and O–H groups in total. The number of furan rings is 1. The number of rotatable bonds is 5. The first-order chi connectivity index (χ1) is 10.4. The molecule has 0 saturated carbocycles. The van der Waals surface area contributed by atoms with E-state index in [1.54, 1.807) is 12.1 Å². The topological polar surface area (TPSA) is 95.2 Å². The average molecular weight is 323 g/mol. The summed E-state index contributed by atoms with van der Waals surface area (Å²) in [6.07, 6.45) is 1.31. The van der Waals surface area contributed by atoms with Gasteiger partial charge in [0.05, 0.1) is 6.26 Å². The molecule has 0 bridgehead atoms. The third kappa shape index (κ3) is 3.53. The van der Waals surface area contributed by atoms with Crippen LogP contribution in [0.2, 0.25) is 0 Å². The van der Waals surface area contributed by atoms with Crippen molar-refractivity contribution >= 4 is 21.8 Å². The molecular formula is C14H13NO6S. The van der Waals surface area contributed by atoms with Crippen LogP contribution in [0.15, 0.2) is 57.1 Å². The minimum atomic E-state index is -4.26. The number of hydrogen-bond donors (Lipinski definition) is 0. The van der Waals surface area contributed by atoms with Crippen LogP contribution >= 0.6 is 0 Å². The summed E-state index contributed by atoms with van der Waals surface area (Å²) in [7, 11) is -3.05. The third-order valence-electron chi connectivity index (χ3n) is 2.63. The highest BCUT2D eigenvalue weighted by molar-refractivity contribution is 7.87. The van der Waals surface area contributed by atoms with E-state index < -0.39 is 16.1 Å². The highest BCUT2D eigenvalue weighted by Gasteiger charge is 2.27. The molecule has 116 valence electrons. The quantitative estimate of drug-likeness (QED) is 0.473. The Bertz CT molecular complexity index is 775. The number of oxime groups is 1. The second-order valence-corrected chi connectivity index (χ2v) is 5.78. The van der Waals surface area contributed by atoms with Gasteiger partial charge < -0.3 is 13.4 Å². The largest absolute Gasteiger partial charge is 0.462 e. The zero-order valence-electron chi connectivity index (χ0n) is 11.8. The Morgan fingerprint density at radius 2 is 1.86 bits per heavy atom. The smallest absolute Gasteiger partial charge is 0.380 e. The molecule has 2 rings (SSSR count). The summed E-state index contributed by atoms with van der Waals surface area (Å²) in [5, 5.41) is 3.44. The number of carbonyl (C=O) groups is 1. The van der Waals surface area contributed by atoms with Crippen LogP contribution in [0.3, 0.4) is 0 Å². The third-order valence-corrected chi connectivity index (χ3v) is 3.85. The Kier molecular flexibility index (Phi) is 4.62. The zero-order valence-corrected chi connectivity index (χ0v) is 12.7. The molecule has 7 nitrogen and oxygen atoms in total. The van der Waals surface area contributed by atoms with Gasteiger partial charge in [0.1, 0.15) is 12.0 Å². The van der Waals surface area contributed by atoms with Gasteiger partial charge in [-0.05, 0) is 31.2 Å². The molecule has 0 saturated heterocycles. The van der Waals surface area contributed by atoms with Crippen molar-refractivity contribution in [3.05, 3.63) is 54.0 Å². The molecule has 0 spiro atoms. The van der Waals surface area contributed by atoms with Gasteiger partial charge in [-0.15, -0.1) is 0 Å². The van der Waals surface area contributed by atoms with Crippen molar-refractivity contribution in [2.75, 3.05) is 7.11 Å². The Morgan fingerprint density at radius 1 is 1.18 bits per heavy atom. The van der Waals surface area contributed by atoms with E-state index in [4.69, 9.17) is 4.42 Å². The second-order valence-electron chi connectivity index (χ2n) is 4.24. The summed E-state index contributed by atoms with van der Waals surface area (Å²) in [5.41, 5.74) is 0.491. The Hall–Kier alpha value is -2.61. The van der Waals surface area contributed by atoms with Gasteiger partial charge in [-0.2, -0.15) is 8.42 Å². The average Bonchev–Trinajstić information content (AvgIpc) is 2.98. The summed E-state index contributed by atoms with van der Waals surface area (Å²) in [5.74, 6) is -1.16. The first-order valence-electron chi connectivity index (χ1n) is 6.14. The lowest BCUT2D eigenvalue weighted by atomic mass is 10.2. The van der Waals surface area contributed by atoms with Gasteiger partial charge in [0.2, 0.25) is 5.71 Å². The van der Waals surface area contributed by atoms with Gasteiger partial charge >= 0.3 is 16.1 Å². The van der Waals surface area contributed by atoms with E-state index in [2.05, 4.69) is 14.2 Å². The van der Waals surface area contributed by atoms with Crippen LogP contribution < -0.4 is 0 Å². The van der Waals surface area contributed by atoms with Crippen LogP contribution in [-0.2, 0) is 23.9 Å². The van der Waals surface area contributed by atoms with Crippen molar-refractivity contribution in [1.29, 1.82) is 0 Å². The number of benzene rings is 1. The van der Waals surface area contributed by atoms with Crippen LogP contribution in [0, 0.1) is 6.92 Å². The Labute approximate surface area is 127 Å². The standard InChI is InChI=1S/C14H13NO6S/c1-10-5-7-11(8-6-10)22(17,18)21-14(16)13(15-19-2)12-4-3-9-20-12/h3-9H,1-2H3/b15-13-. The minimum Gasteiger partial charge on any atom is -0.462 e. The lowest BCUT2D eigenvalue weighted by molar-refractivity contribution is -0.126. The molecule has 0 fully saturated rings. The van der Waals surface area contributed by atoms with E-state index >= 15 is 0 Å². The fourth-order valence-corrected chi connectivity index (χ4v) is 2.42. The summed E-state index contributed by atoms with van der Waals surface area (Å²) in [6.45, 7) is 1.81. The highest BCUT2D eigenvalue weighted by atomic mass is 32.2. The molecule has 0 aliphatic heterocycles. The Morgan fingerprint density at radius 3 is 2.41 bits per heavy atom. The molecule has 1 aromatic heterocycles. The van der Waals surface area contributed by atoms with E-state index in [1.165, 1.54) is 37.6 Å². The number of hydrogen-bond acceptors (Lipinski definition) is 7. The molecule has 0 amide bonds. The molecule has 0 radical (unpaired) electrons. The van der Waals surface area contributed by atoms with Crippen LogP contribution in [0.1, 0.15) is 11.3 Å². The first kappa shape index (κ1) is 15.8. The predicted octanol–water partition coefficient (Wildman–Crippen LogP) is 1.87. The molecule has 1 aromatic carbocycles. The number of carbonyl (C=O) groups excluding carboxylic acids is 1. The number of nitrogens with zero attached hydrogens (tertiary/aromatic N) is 1. The SMILES string of the molecule is CO/N=C(\C(=O)OS(=O)(=O)c1ccc(C)cc1)c1ccco1. The maximum absolute atomic E-state index is 12.1. The van der Waals surface area contributed by atoms with Gasteiger partial charge in [0.15, 0.2) is 5.76 Å². The summed E-state index contributed by atoms with van der Waals surface area (Å²) < 4.78 is 33.7. The lowest BCUT2D eigenvalue weighted by Crippen LogP contribution is -2.22. The monoisotopic (exact) mass is 323 g/mol. The maximum Gasteiger partial charge on any atom is 0.380 e. The van der Waals surface area contributed by atoms with Gasteiger partial charge in [-0.3, -0.25) is 0 Å². The van der Waals surface area contributed by atoms with E-state index in [1.807, 2.05) is 6.92 Å². The van der Waals surface area contributed by atoms with Crippen LogP contribution in [0.5, 0.6) is 0 Å². The van der Waals surface area contributed by atoms with Gasteiger partial charge in [-0.25, -0.2) is 4.79 Å². The molecule has 0 atom stereocenters. The lowest BCUT2D eigenvalue weighted by Gasteiger charge is -2.06. The highest BCUT2D eigenvalue weighted by Crippen LogP contribution is 2.15. The van der Waals surface area contributed by atoms with Gasteiger partial charge in [0.25, 0.3) is 0 Å². The van der Waals surface area contributed by atoms with E-state index in [0.29, 0.717) is 0 Å². The van der Waals surface area contributed by atoms with Crippen molar-refractivity contribution < 1.29 is 26.7 Å². The van der Waals surface area contributed by atoms with Crippen molar-refractivity contribution in [3.8, 4) is 0 Å². The molecule has 0 aliphatic carbocycles. The van der Waals surface area contributed by atoms with Crippen LogP contribution in [0.25, 0.3) is 0 Å². The Balaban J connectivity index is 2.26. The van der Waals surface area contributed by atoms with E-state index in [0.717, 1.165) is 5.56 Å².